The Hall–Kier alpha value is -3.95. The average Bonchev–Trinajstić information content (AvgIpc) is 3.20. The van der Waals surface area contributed by atoms with Crippen LogP contribution in [0.3, 0.4) is 0 Å². The molecule has 3 aromatic carbocycles. The van der Waals surface area contributed by atoms with Gasteiger partial charge in [0.15, 0.2) is 0 Å². The van der Waals surface area contributed by atoms with E-state index in [2.05, 4.69) is 0 Å². The molecule has 4 rings (SSSR count). The number of esters is 1. The summed E-state index contributed by atoms with van der Waals surface area (Å²) in [6.45, 7) is 3.07. The van der Waals surface area contributed by atoms with Crippen molar-refractivity contribution in [2.75, 3.05) is 7.11 Å². The molecule has 188 valence electrons. The van der Waals surface area contributed by atoms with Crippen LogP contribution >= 0.6 is 0 Å². The molecule has 1 unspecified atom stereocenters. The maximum absolute atomic E-state index is 14.2. The van der Waals surface area contributed by atoms with E-state index in [1.54, 1.807) is 36.4 Å². The SMILES string of the molecule is COC(=O)N(C1c2ccccc2-c2ccccc21)C(C(=O)Oc1c(F)c(F)c(F)c(F)c1F)C(C)C. The largest absolute Gasteiger partial charge is 0.453 e. The molecule has 0 aromatic heterocycles. The number of benzene rings is 3. The number of carbonyl (C=O) groups is 2. The van der Waals surface area contributed by atoms with Gasteiger partial charge >= 0.3 is 12.1 Å². The van der Waals surface area contributed by atoms with Crippen LogP contribution in [-0.4, -0.2) is 30.1 Å². The summed E-state index contributed by atoms with van der Waals surface area (Å²) in [5.41, 5.74) is 2.89. The molecular weight excluding hydrogens is 485 g/mol. The molecule has 0 saturated carbocycles. The molecule has 0 saturated heterocycles. The predicted molar refractivity (Wildman–Crippen MR) is 118 cm³/mol. The summed E-state index contributed by atoms with van der Waals surface area (Å²) in [6, 6.07) is 11.9. The maximum Gasteiger partial charge on any atom is 0.411 e. The molecule has 0 heterocycles. The van der Waals surface area contributed by atoms with Gasteiger partial charge in [0.1, 0.15) is 6.04 Å². The van der Waals surface area contributed by atoms with Crippen molar-refractivity contribution in [2.45, 2.75) is 25.9 Å². The summed E-state index contributed by atoms with van der Waals surface area (Å²) < 4.78 is 79.0. The number of amides is 1. The molecule has 1 aliphatic carbocycles. The third-order valence-electron chi connectivity index (χ3n) is 6.01. The quantitative estimate of drug-likeness (QED) is 0.137. The van der Waals surface area contributed by atoms with Crippen molar-refractivity contribution in [3.05, 3.63) is 88.7 Å². The molecule has 0 radical (unpaired) electrons. The lowest BCUT2D eigenvalue weighted by molar-refractivity contribution is -0.142. The first kappa shape index (κ1) is 25.2. The fourth-order valence-corrected chi connectivity index (χ4v) is 4.46. The van der Waals surface area contributed by atoms with E-state index in [-0.39, 0.29) is 0 Å². The number of fused-ring (bicyclic) bond motifs is 3. The maximum atomic E-state index is 14.2. The van der Waals surface area contributed by atoms with Gasteiger partial charge < -0.3 is 9.47 Å². The summed E-state index contributed by atoms with van der Waals surface area (Å²) in [5, 5.41) is 0. The third kappa shape index (κ3) is 3.96. The van der Waals surface area contributed by atoms with Gasteiger partial charge in [-0.1, -0.05) is 62.4 Å². The molecule has 1 atom stereocenters. The summed E-state index contributed by atoms with van der Waals surface area (Å²) in [6.07, 6.45) is -0.959. The monoisotopic (exact) mass is 505 g/mol. The fraction of sp³-hybridized carbons (Fsp3) is 0.231. The van der Waals surface area contributed by atoms with Crippen LogP contribution in [0, 0.1) is 35.0 Å². The number of halogens is 5. The van der Waals surface area contributed by atoms with Crippen molar-refractivity contribution in [3.63, 3.8) is 0 Å². The lowest BCUT2D eigenvalue weighted by atomic mass is 9.96. The van der Waals surface area contributed by atoms with Crippen LogP contribution in [0.1, 0.15) is 31.0 Å². The average molecular weight is 505 g/mol. The number of rotatable bonds is 5. The van der Waals surface area contributed by atoms with Gasteiger partial charge in [0.25, 0.3) is 0 Å². The van der Waals surface area contributed by atoms with E-state index in [1.165, 1.54) is 13.8 Å². The zero-order valence-corrected chi connectivity index (χ0v) is 19.3. The first-order valence-corrected chi connectivity index (χ1v) is 10.9. The summed E-state index contributed by atoms with van der Waals surface area (Å²) in [4.78, 5) is 27.4. The van der Waals surface area contributed by atoms with Crippen LogP contribution in [-0.2, 0) is 9.53 Å². The molecule has 5 nitrogen and oxygen atoms in total. The minimum atomic E-state index is -2.39. The number of hydrogen-bond acceptors (Lipinski definition) is 4. The van der Waals surface area contributed by atoms with Gasteiger partial charge in [-0.25, -0.2) is 22.8 Å². The lowest BCUT2D eigenvalue weighted by Gasteiger charge is -2.36. The normalized spacial score (nSPS) is 13.2. The van der Waals surface area contributed by atoms with Crippen LogP contribution in [0.15, 0.2) is 48.5 Å². The highest BCUT2D eigenvalue weighted by molar-refractivity contribution is 5.86. The van der Waals surface area contributed by atoms with Gasteiger partial charge in [0.05, 0.1) is 13.2 Å². The topological polar surface area (TPSA) is 55.8 Å². The molecule has 1 aliphatic rings. The molecule has 0 N–H and O–H groups in total. The van der Waals surface area contributed by atoms with Crippen LogP contribution in [0.2, 0.25) is 0 Å². The van der Waals surface area contributed by atoms with Crippen LogP contribution in [0.5, 0.6) is 5.75 Å². The van der Waals surface area contributed by atoms with E-state index in [0.29, 0.717) is 11.1 Å². The standard InChI is InChI=1S/C26H20F5NO4/c1-12(2)22(25(33)36-24-20(30)18(28)17(27)19(29)21(24)31)32(26(34)35-3)23-15-10-6-4-8-13(15)14-9-5-7-11-16(14)23/h4-12,22-23H,1-3H3. The van der Waals surface area contributed by atoms with Crippen molar-refractivity contribution < 1.29 is 41.0 Å². The van der Waals surface area contributed by atoms with E-state index in [9.17, 15) is 31.5 Å². The molecule has 3 aromatic rings. The summed E-state index contributed by atoms with van der Waals surface area (Å²) in [7, 11) is 1.09. The second-order valence-corrected chi connectivity index (χ2v) is 8.46. The van der Waals surface area contributed by atoms with Crippen molar-refractivity contribution in [2.24, 2.45) is 5.92 Å². The van der Waals surface area contributed by atoms with E-state index in [1.807, 2.05) is 12.1 Å². The van der Waals surface area contributed by atoms with Gasteiger partial charge in [0.2, 0.25) is 34.8 Å². The molecule has 36 heavy (non-hydrogen) atoms. The zero-order valence-electron chi connectivity index (χ0n) is 19.3. The molecule has 1 amide bonds. The minimum Gasteiger partial charge on any atom is -0.453 e. The first-order chi connectivity index (χ1) is 17.1. The number of nitrogens with zero attached hydrogens (tertiary/aromatic N) is 1. The third-order valence-corrected chi connectivity index (χ3v) is 6.01. The minimum absolute atomic E-state index is 0.652. The van der Waals surface area contributed by atoms with Crippen LogP contribution in [0.4, 0.5) is 26.7 Å². The Morgan fingerprint density at radius 1 is 0.778 bits per heavy atom. The Labute approximate surface area is 203 Å². The number of hydrogen-bond donors (Lipinski definition) is 0. The number of ether oxygens (including phenoxy) is 2. The van der Waals surface area contributed by atoms with E-state index in [0.717, 1.165) is 23.1 Å². The second kappa shape index (κ2) is 9.60. The number of methoxy groups -OCH3 is 1. The Morgan fingerprint density at radius 2 is 1.22 bits per heavy atom. The summed E-state index contributed by atoms with van der Waals surface area (Å²) in [5.74, 6) is -15.4. The summed E-state index contributed by atoms with van der Waals surface area (Å²) >= 11 is 0. The highest BCUT2D eigenvalue weighted by Gasteiger charge is 2.45. The first-order valence-electron chi connectivity index (χ1n) is 10.9. The Bertz CT molecular complexity index is 1290. The van der Waals surface area contributed by atoms with Gasteiger partial charge in [-0.15, -0.1) is 0 Å². The van der Waals surface area contributed by atoms with Gasteiger partial charge in [-0.3, -0.25) is 4.90 Å². The zero-order chi connectivity index (χ0) is 26.3. The number of carbonyl (C=O) groups excluding carboxylic acids is 2. The van der Waals surface area contributed by atoms with Crippen molar-refractivity contribution >= 4 is 12.1 Å². The van der Waals surface area contributed by atoms with Gasteiger partial charge in [0, 0.05) is 0 Å². The Kier molecular flexibility index (Phi) is 6.71. The van der Waals surface area contributed by atoms with Crippen molar-refractivity contribution in [1.29, 1.82) is 0 Å². The highest BCUT2D eigenvalue weighted by Crippen LogP contribution is 2.47. The van der Waals surface area contributed by atoms with Crippen LogP contribution in [0.25, 0.3) is 11.1 Å². The smallest absolute Gasteiger partial charge is 0.411 e. The van der Waals surface area contributed by atoms with E-state index < -0.39 is 64.9 Å². The molecule has 0 bridgehead atoms. The molecule has 10 heteroatoms. The van der Waals surface area contributed by atoms with Crippen LogP contribution < -0.4 is 4.74 Å². The van der Waals surface area contributed by atoms with Crippen molar-refractivity contribution in [3.8, 4) is 16.9 Å². The molecule has 0 aliphatic heterocycles. The molecule has 0 spiro atoms. The Balaban J connectivity index is 1.84. The molecular formula is C26H20F5NO4. The lowest BCUT2D eigenvalue weighted by Crippen LogP contribution is -2.51. The highest BCUT2D eigenvalue weighted by atomic mass is 19.2. The Morgan fingerprint density at radius 3 is 1.67 bits per heavy atom. The van der Waals surface area contributed by atoms with Gasteiger partial charge in [-0.2, -0.15) is 8.78 Å². The van der Waals surface area contributed by atoms with E-state index >= 15 is 0 Å². The molecule has 0 fully saturated rings. The predicted octanol–water partition coefficient (Wildman–Crippen LogP) is 6.15. The van der Waals surface area contributed by atoms with Crippen molar-refractivity contribution in [1.82, 2.24) is 4.90 Å². The van der Waals surface area contributed by atoms with E-state index in [4.69, 9.17) is 9.47 Å². The second-order valence-electron chi connectivity index (χ2n) is 8.46. The fourth-order valence-electron chi connectivity index (χ4n) is 4.46. The van der Waals surface area contributed by atoms with Gasteiger partial charge in [-0.05, 0) is 28.2 Å².